The Labute approximate surface area is 174 Å². The molecule has 0 aliphatic heterocycles. The van der Waals surface area contributed by atoms with Crippen molar-refractivity contribution in [2.75, 3.05) is 6.61 Å². The van der Waals surface area contributed by atoms with Crippen LogP contribution in [-0.4, -0.2) is 18.6 Å². The van der Waals surface area contributed by atoms with Gasteiger partial charge in [-0.1, -0.05) is 25.4 Å². The van der Waals surface area contributed by atoms with Crippen LogP contribution in [-0.2, 0) is 4.79 Å². The lowest BCUT2D eigenvalue weighted by Gasteiger charge is -2.59. The van der Waals surface area contributed by atoms with Crippen LogP contribution in [0.25, 0.3) is 0 Å². The third-order valence-corrected chi connectivity index (χ3v) is 8.06. The van der Waals surface area contributed by atoms with Gasteiger partial charge >= 0.3 is 0 Å². The van der Waals surface area contributed by atoms with Crippen molar-refractivity contribution in [2.24, 2.45) is 23.2 Å². The van der Waals surface area contributed by atoms with Gasteiger partial charge in [0.25, 0.3) is 5.91 Å². The number of benzene rings is 1. The van der Waals surface area contributed by atoms with Crippen LogP contribution in [0.2, 0.25) is 5.02 Å². The van der Waals surface area contributed by atoms with Crippen molar-refractivity contribution >= 4 is 17.5 Å². The molecule has 4 fully saturated rings. The van der Waals surface area contributed by atoms with Crippen LogP contribution in [0, 0.1) is 30.1 Å². The van der Waals surface area contributed by atoms with Gasteiger partial charge in [-0.15, -0.1) is 0 Å². The summed E-state index contributed by atoms with van der Waals surface area (Å²) in [6.45, 7) is 8.48. The average Bonchev–Trinajstić information content (AvgIpc) is 2.61. The topological polar surface area (TPSA) is 38.3 Å². The Kier molecular flexibility index (Phi) is 5.41. The van der Waals surface area contributed by atoms with Crippen molar-refractivity contribution in [3.05, 3.63) is 28.3 Å². The van der Waals surface area contributed by atoms with E-state index in [0.29, 0.717) is 11.3 Å². The zero-order valence-corrected chi connectivity index (χ0v) is 18.4. The molecule has 1 N–H and O–H groups in total. The molecule has 1 amide bonds. The van der Waals surface area contributed by atoms with Gasteiger partial charge in [-0.05, 0) is 105 Å². The molecule has 28 heavy (non-hydrogen) atoms. The first kappa shape index (κ1) is 20.1. The zero-order chi connectivity index (χ0) is 20.1. The highest BCUT2D eigenvalue weighted by Gasteiger charge is 2.53. The van der Waals surface area contributed by atoms with Crippen molar-refractivity contribution in [2.45, 2.75) is 78.2 Å². The van der Waals surface area contributed by atoms with E-state index in [1.165, 1.54) is 38.5 Å². The highest BCUT2D eigenvalue weighted by atomic mass is 35.5. The molecule has 0 radical (unpaired) electrons. The fourth-order valence-corrected chi connectivity index (χ4v) is 6.71. The highest BCUT2D eigenvalue weighted by Crippen LogP contribution is 2.61. The molecule has 4 heteroatoms. The molecule has 0 unspecified atom stereocenters. The lowest BCUT2D eigenvalue weighted by Crippen LogP contribution is -2.56. The van der Waals surface area contributed by atoms with Crippen molar-refractivity contribution in [3.8, 4) is 5.75 Å². The maximum atomic E-state index is 12.7. The first-order valence-corrected chi connectivity index (χ1v) is 11.4. The van der Waals surface area contributed by atoms with Gasteiger partial charge in [0.15, 0.2) is 6.61 Å². The summed E-state index contributed by atoms with van der Waals surface area (Å²) in [6.07, 6.45) is 8.18. The maximum absolute atomic E-state index is 12.7. The standard InChI is InChI=1S/C24H34ClNO2/c1-14(2)20-9-21(25)15(3)5-22(20)28-13-23(27)26-16(4)24-10-17-6-18(11-24)8-19(7-17)12-24/h5,9,14,16-19H,6-8,10-13H2,1-4H3,(H,26,27)/t16-,17?,18?,19?,24?/m0/s1. The van der Waals surface area contributed by atoms with Crippen LogP contribution < -0.4 is 10.1 Å². The van der Waals surface area contributed by atoms with Crippen molar-refractivity contribution in [3.63, 3.8) is 0 Å². The number of nitrogens with one attached hydrogen (secondary N) is 1. The summed E-state index contributed by atoms with van der Waals surface area (Å²) < 4.78 is 5.95. The minimum atomic E-state index is -0.00875. The number of aryl methyl sites for hydroxylation is 1. The molecule has 4 bridgehead atoms. The van der Waals surface area contributed by atoms with Gasteiger partial charge in [-0.2, -0.15) is 0 Å². The molecule has 4 aliphatic rings. The molecule has 1 aromatic rings. The van der Waals surface area contributed by atoms with E-state index in [1.807, 2.05) is 19.1 Å². The molecule has 0 heterocycles. The average molecular weight is 404 g/mol. The summed E-state index contributed by atoms with van der Waals surface area (Å²) in [6, 6.07) is 4.15. The number of ether oxygens (including phenoxy) is 1. The fourth-order valence-electron chi connectivity index (χ4n) is 6.53. The molecular formula is C24H34ClNO2. The Morgan fingerprint density at radius 1 is 1.14 bits per heavy atom. The Bertz CT molecular complexity index is 722. The minimum absolute atomic E-state index is 0.00875. The van der Waals surface area contributed by atoms with Crippen LogP contribution in [0.1, 0.15) is 76.3 Å². The summed E-state index contributed by atoms with van der Waals surface area (Å²) in [5.41, 5.74) is 2.35. The third kappa shape index (κ3) is 3.79. The second kappa shape index (κ2) is 7.55. The SMILES string of the molecule is Cc1cc(OCC(=O)N[C@@H](C)C23CC4CC(CC(C4)C2)C3)c(C(C)C)cc1Cl. The number of hydrogen-bond acceptors (Lipinski definition) is 2. The summed E-state index contributed by atoms with van der Waals surface area (Å²) >= 11 is 6.28. The normalized spacial score (nSPS) is 31.9. The van der Waals surface area contributed by atoms with Crippen molar-refractivity contribution in [1.29, 1.82) is 0 Å². The van der Waals surface area contributed by atoms with Crippen LogP contribution in [0.5, 0.6) is 5.75 Å². The van der Waals surface area contributed by atoms with Crippen LogP contribution in [0.4, 0.5) is 0 Å². The Hall–Kier alpha value is -1.22. The number of amides is 1. The van der Waals surface area contributed by atoms with Crippen LogP contribution in [0.3, 0.4) is 0 Å². The molecule has 154 valence electrons. The molecule has 1 atom stereocenters. The van der Waals surface area contributed by atoms with E-state index in [0.717, 1.165) is 39.7 Å². The molecule has 4 saturated carbocycles. The molecule has 3 nitrogen and oxygen atoms in total. The highest BCUT2D eigenvalue weighted by molar-refractivity contribution is 6.31. The van der Waals surface area contributed by atoms with Crippen molar-refractivity contribution in [1.82, 2.24) is 5.32 Å². The second-order valence-electron chi connectivity index (χ2n) is 10.2. The Morgan fingerprint density at radius 2 is 1.71 bits per heavy atom. The number of carbonyl (C=O) groups is 1. The van der Waals surface area contributed by atoms with Crippen LogP contribution >= 0.6 is 11.6 Å². The first-order chi connectivity index (χ1) is 13.3. The molecule has 1 aromatic carbocycles. The van der Waals surface area contributed by atoms with Gasteiger partial charge in [0, 0.05) is 11.1 Å². The Balaban J connectivity index is 1.38. The summed E-state index contributed by atoms with van der Waals surface area (Å²) in [5.74, 6) is 3.75. The van der Waals surface area contributed by atoms with Gasteiger partial charge in [0.2, 0.25) is 0 Å². The van der Waals surface area contributed by atoms with E-state index in [-0.39, 0.29) is 18.6 Å². The lowest BCUT2D eigenvalue weighted by molar-refractivity contribution is -0.127. The summed E-state index contributed by atoms with van der Waals surface area (Å²) in [7, 11) is 0. The van der Waals surface area contributed by atoms with Gasteiger partial charge in [0.05, 0.1) is 0 Å². The molecule has 4 aliphatic carbocycles. The second-order valence-corrected chi connectivity index (χ2v) is 10.6. The molecule has 0 aromatic heterocycles. The smallest absolute Gasteiger partial charge is 0.258 e. The predicted molar refractivity (Wildman–Crippen MR) is 114 cm³/mol. The zero-order valence-electron chi connectivity index (χ0n) is 17.7. The Morgan fingerprint density at radius 3 is 2.25 bits per heavy atom. The van der Waals surface area contributed by atoms with E-state index >= 15 is 0 Å². The van der Waals surface area contributed by atoms with Crippen LogP contribution in [0.15, 0.2) is 12.1 Å². The fraction of sp³-hybridized carbons (Fsp3) is 0.708. The molecular weight excluding hydrogens is 370 g/mol. The lowest BCUT2D eigenvalue weighted by atomic mass is 9.48. The number of halogens is 1. The summed E-state index contributed by atoms with van der Waals surface area (Å²) in [5, 5.41) is 4.04. The third-order valence-electron chi connectivity index (χ3n) is 7.65. The van der Waals surface area contributed by atoms with E-state index in [4.69, 9.17) is 16.3 Å². The number of hydrogen-bond donors (Lipinski definition) is 1. The van der Waals surface area contributed by atoms with E-state index in [1.54, 1.807) is 0 Å². The van der Waals surface area contributed by atoms with Crippen molar-refractivity contribution < 1.29 is 9.53 Å². The quantitative estimate of drug-likeness (QED) is 0.644. The first-order valence-electron chi connectivity index (χ1n) is 11.0. The van der Waals surface area contributed by atoms with Gasteiger partial charge in [-0.3, -0.25) is 4.79 Å². The molecule has 5 rings (SSSR count). The monoisotopic (exact) mass is 403 g/mol. The van der Waals surface area contributed by atoms with Gasteiger partial charge in [0.1, 0.15) is 5.75 Å². The van der Waals surface area contributed by atoms with E-state index in [9.17, 15) is 4.79 Å². The maximum Gasteiger partial charge on any atom is 0.258 e. The van der Waals surface area contributed by atoms with E-state index < -0.39 is 0 Å². The minimum Gasteiger partial charge on any atom is -0.483 e. The van der Waals surface area contributed by atoms with Gasteiger partial charge < -0.3 is 10.1 Å². The number of rotatable bonds is 6. The predicted octanol–water partition coefficient (Wildman–Crippen LogP) is 5.87. The van der Waals surface area contributed by atoms with E-state index in [2.05, 4.69) is 26.1 Å². The number of carbonyl (C=O) groups excluding carboxylic acids is 1. The van der Waals surface area contributed by atoms with Gasteiger partial charge in [-0.25, -0.2) is 0 Å². The largest absolute Gasteiger partial charge is 0.483 e. The molecule has 0 spiro atoms. The molecule has 0 saturated heterocycles. The summed E-state index contributed by atoms with van der Waals surface area (Å²) in [4.78, 5) is 12.7.